The molecule has 2 aromatic carbocycles. The van der Waals surface area contributed by atoms with Crippen LogP contribution in [0.25, 0.3) is 0 Å². The summed E-state index contributed by atoms with van der Waals surface area (Å²) in [6, 6.07) is -11.5. The van der Waals surface area contributed by atoms with Crippen LogP contribution in [0.1, 0.15) is 247 Å². The van der Waals surface area contributed by atoms with E-state index >= 15 is 0 Å². The number of aliphatic hydroxyl groups is 1. The van der Waals surface area contributed by atoms with Crippen molar-refractivity contribution in [3.63, 3.8) is 0 Å². The van der Waals surface area contributed by atoms with Gasteiger partial charge in [-0.15, -0.1) is 0 Å². The summed E-state index contributed by atoms with van der Waals surface area (Å²) >= 11 is 0. The summed E-state index contributed by atoms with van der Waals surface area (Å²) in [6.45, 7) is 15.4. The third kappa shape index (κ3) is 45.4. The second-order valence-corrected chi connectivity index (χ2v) is 36.1. The van der Waals surface area contributed by atoms with Gasteiger partial charge in [-0.1, -0.05) is 164 Å². The minimum Gasteiger partial charge on any atom is -0.508 e. The average molecular weight is 1950 g/mol. The zero-order valence-electron chi connectivity index (χ0n) is 81.0. The van der Waals surface area contributed by atoms with Crippen LogP contribution >= 0.6 is 0 Å². The molecule has 0 radical (unpaired) electrons. The first-order chi connectivity index (χ1) is 65.3. The number of phenolic OH excluding ortho intramolecular Hbond substituents is 2. The molecule has 0 spiro atoms. The number of hydrogen-bond donors (Lipinski definition) is 25. The number of aliphatic carboxylic acids is 3. The number of carboxylic acids is 3. The Morgan fingerprint density at radius 1 is 0.420 bits per heavy atom. The molecule has 138 heavy (non-hydrogen) atoms. The Kier molecular flexibility index (Phi) is 54.9. The third-order valence-electron chi connectivity index (χ3n) is 23.4. The highest BCUT2D eigenvalue weighted by molar-refractivity contribution is 6.02. The minimum absolute atomic E-state index is 0.0504. The van der Waals surface area contributed by atoms with Crippen molar-refractivity contribution in [2.45, 2.75) is 334 Å². The van der Waals surface area contributed by atoms with Crippen LogP contribution in [0.2, 0.25) is 0 Å². The van der Waals surface area contributed by atoms with Gasteiger partial charge in [-0.2, -0.15) is 0 Å². The largest absolute Gasteiger partial charge is 0.508 e. The number of rotatable bonds is 68. The van der Waals surface area contributed by atoms with Crippen LogP contribution in [0.4, 0.5) is 0 Å². The van der Waals surface area contributed by atoms with E-state index < -0.39 is 248 Å². The van der Waals surface area contributed by atoms with Gasteiger partial charge >= 0.3 is 17.9 Å². The number of guanidine groups is 1. The van der Waals surface area contributed by atoms with Crippen molar-refractivity contribution in [2.75, 3.05) is 32.8 Å². The second kappa shape index (κ2) is 63.5. The molecule has 0 saturated carbocycles. The Morgan fingerprint density at radius 2 is 0.833 bits per heavy atom. The van der Waals surface area contributed by atoms with Gasteiger partial charge in [-0.25, -0.2) is 4.79 Å². The van der Waals surface area contributed by atoms with Gasteiger partial charge in [0.2, 0.25) is 94.5 Å². The normalized spacial score (nSPS) is 15.6. The molecule has 0 unspecified atom stereocenters. The summed E-state index contributed by atoms with van der Waals surface area (Å²) in [5.74, 6) is -23.2. The zero-order valence-corrected chi connectivity index (χ0v) is 81.0. The Morgan fingerprint density at radius 3 is 1.33 bits per heavy atom. The van der Waals surface area contributed by atoms with Crippen molar-refractivity contribution in [1.82, 2.24) is 84.7 Å². The highest BCUT2D eigenvalue weighted by Crippen LogP contribution is 2.24. The number of unbranched alkanes of at least 4 members (excludes halogenated alkanes) is 11. The first kappa shape index (κ1) is 119. The summed E-state index contributed by atoms with van der Waals surface area (Å²) in [4.78, 5) is 263. The molecule has 1 aliphatic rings. The van der Waals surface area contributed by atoms with Gasteiger partial charge in [0.25, 0.3) is 0 Å². The summed E-state index contributed by atoms with van der Waals surface area (Å²) in [6.07, 6.45) is 9.03. The fourth-order valence-corrected chi connectivity index (χ4v) is 15.2. The SMILES string of the molecule is CCCCCCCCCCCCCC(=O)N[C@@H](CO)C(=O)N[C@H](C(=O)N[C@@H](CCCNC(=N)N)C(=O)N[C@@H](CCCCN)C(=O)N[C@@H](C)C(=O)N[C@@H](CC(C)C)C(=O)N[C@@H](CC(N)=O)C(=O)N[C@H](C(=O)N[C@@H](CC(C)C)C(=O)NCC(=O)N[C@@H](Cc1ccc(O)cc1)C(=O)N1CCC[C@H]1C(=O)N[C@@H](CC(=O)O)C(=O)N[C@@H](Cc1ccc(O)cc1)C(=O)N[C@@H](CC(=O)O)C(=O)O)[C@@H](C)CC)[C@@H](C)CC. The fourth-order valence-electron chi connectivity index (χ4n) is 15.2. The topological polar surface area (TPSA) is 731 Å². The van der Waals surface area contributed by atoms with Crippen molar-refractivity contribution in [1.29, 1.82) is 5.41 Å². The van der Waals surface area contributed by atoms with E-state index in [9.17, 15) is 122 Å². The quantitative estimate of drug-likeness (QED) is 0.0225. The lowest BCUT2D eigenvalue weighted by atomic mass is 9.96. The molecule has 16 amide bonds. The minimum atomic E-state index is -2.00. The van der Waals surface area contributed by atoms with E-state index in [1.165, 1.54) is 87.6 Å². The molecular formula is C93H150N20O25. The first-order valence-corrected chi connectivity index (χ1v) is 47.7. The predicted molar refractivity (Wildman–Crippen MR) is 506 cm³/mol. The molecular weight excluding hydrogens is 1800 g/mol. The van der Waals surface area contributed by atoms with Crippen molar-refractivity contribution in [3.05, 3.63) is 59.7 Å². The molecule has 45 nitrogen and oxygen atoms in total. The Bertz CT molecular complexity index is 4350. The van der Waals surface area contributed by atoms with Gasteiger partial charge < -0.3 is 132 Å². The molecule has 3 rings (SSSR count). The predicted octanol–water partition coefficient (Wildman–Crippen LogP) is -0.508. The first-order valence-electron chi connectivity index (χ1n) is 47.7. The number of nitrogens with two attached hydrogens (primary N) is 3. The van der Waals surface area contributed by atoms with Crippen LogP contribution in [-0.4, -0.2) is 271 Å². The lowest BCUT2D eigenvalue weighted by Crippen LogP contribution is -2.61. The maximum atomic E-state index is 14.8. The van der Waals surface area contributed by atoms with Crippen molar-refractivity contribution >= 4 is 118 Å². The highest BCUT2D eigenvalue weighted by Gasteiger charge is 2.43. The second-order valence-electron chi connectivity index (χ2n) is 36.1. The molecule has 1 fully saturated rings. The number of likely N-dealkylation sites (tertiary alicyclic amines) is 1. The third-order valence-corrected chi connectivity index (χ3v) is 23.4. The van der Waals surface area contributed by atoms with Gasteiger partial charge in [0, 0.05) is 32.4 Å². The molecule has 28 N–H and O–H groups in total. The fraction of sp³-hybridized carbons (Fsp3) is 0.656. The van der Waals surface area contributed by atoms with Gasteiger partial charge in [0.1, 0.15) is 96.1 Å². The summed E-state index contributed by atoms with van der Waals surface area (Å²) in [7, 11) is 0. The van der Waals surface area contributed by atoms with Gasteiger partial charge in [0.15, 0.2) is 5.96 Å². The summed E-state index contributed by atoms with van der Waals surface area (Å²) in [5, 5.41) is 105. The average Bonchev–Trinajstić information content (AvgIpc) is 1.67. The molecule has 16 atom stereocenters. The number of phenols is 2. The van der Waals surface area contributed by atoms with E-state index in [0.717, 1.165) is 37.0 Å². The van der Waals surface area contributed by atoms with Crippen LogP contribution < -0.4 is 97.0 Å². The van der Waals surface area contributed by atoms with E-state index in [1.54, 1.807) is 55.4 Å². The maximum absolute atomic E-state index is 14.8. The molecule has 1 saturated heterocycles. The van der Waals surface area contributed by atoms with E-state index in [4.69, 9.17) is 22.6 Å². The van der Waals surface area contributed by atoms with Crippen LogP contribution in [-0.2, 0) is 104 Å². The number of carbonyl (C=O) groups is 19. The number of aliphatic hydroxyl groups excluding tert-OH is 1. The highest BCUT2D eigenvalue weighted by atomic mass is 16.4. The standard InChI is InChI=1S/C93H150N20O25/c1-11-14-15-16-17-18-19-20-21-22-23-31-73(118)102-70(51-114)87(132)112-77(54(8)12-2)89(134)104-62(29-26-41-98-93(96)97)82(127)103-61(28-24-25-40-94)81(126)100-56(10)79(124)105-64(44-53(6)7)83(128)107-66(47-72(95)117)86(131)111-78(55(9)13-3)90(135)109-63(43-52(4)5)80(125)99-50-74(119)101-68(46-58-34-38-60(116)39-35-58)91(136)113-42-27-30-71(113)88(133)108-67(48-75(120)121)85(130)106-65(45-57-32-36-59(115)37-33-57)84(129)110-69(92(137)138)49-76(122)123/h32-39,52-56,61-71,77-78,114-116H,11-31,40-51,94H2,1-10H3,(H2,95,117)(H,99,125)(H,100,126)(H,101,119)(H,102,118)(H,103,127)(H,104,134)(H,105,124)(H,106,130)(H,107,128)(H,108,133)(H,109,135)(H,110,129)(H,111,131)(H,112,132)(H,120,121)(H,122,123)(H,137,138)(H4,96,97,98)/t54-,55-,56-,61-,62-,63-,64-,65-,66-,67-,68-,69-,70-,71-,77-,78-/m0/s1. The number of amides is 16. The number of carboxylic acid groups (broad SMARTS) is 3. The molecule has 45 heteroatoms. The maximum Gasteiger partial charge on any atom is 0.326 e. The smallest absolute Gasteiger partial charge is 0.326 e. The molecule has 2 aromatic rings. The van der Waals surface area contributed by atoms with Crippen LogP contribution in [0.5, 0.6) is 11.5 Å². The molecule has 0 aliphatic carbocycles. The monoisotopic (exact) mass is 1950 g/mol. The molecule has 0 bridgehead atoms. The van der Waals surface area contributed by atoms with Crippen molar-refractivity contribution in [3.8, 4) is 11.5 Å². The molecule has 1 aliphatic heterocycles. The number of nitrogens with zero attached hydrogens (tertiary/aromatic N) is 1. The summed E-state index contributed by atoms with van der Waals surface area (Å²) < 4.78 is 0. The molecule has 772 valence electrons. The van der Waals surface area contributed by atoms with Gasteiger partial charge in [0.05, 0.1) is 32.4 Å². The van der Waals surface area contributed by atoms with E-state index in [0.29, 0.717) is 24.8 Å². The number of aromatic hydroxyl groups is 2. The van der Waals surface area contributed by atoms with Gasteiger partial charge in [-0.05, 0) is 137 Å². The lowest BCUT2D eigenvalue weighted by molar-refractivity contribution is -0.147. The van der Waals surface area contributed by atoms with Crippen molar-refractivity contribution in [2.24, 2.45) is 40.9 Å². The number of carbonyl (C=O) groups excluding carboxylic acids is 16. The Hall–Kier alpha value is -12.8. The van der Waals surface area contributed by atoms with E-state index in [2.05, 4.69) is 81.4 Å². The van der Waals surface area contributed by atoms with E-state index in [1.807, 2.05) is 5.32 Å². The lowest BCUT2D eigenvalue weighted by Gasteiger charge is -2.30. The number of benzene rings is 2. The van der Waals surface area contributed by atoms with Crippen LogP contribution in [0.15, 0.2) is 48.5 Å². The zero-order chi connectivity index (χ0) is 103. The van der Waals surface area contributed by atoms with Crippen molar-refractivity contribution < 1.29 is 122 Å². The number of nitrogens with one attached hydrogen (secondary N) is 16. The van der Waals surface area contributed by atoms with Crippen LogP contribution in [0, 0.1) is 29.1 Å². The Labute approximate surface area is 805 Å². The Balaban J connectivity index is 1.85. The van der Waals surface area contributed by atoms with Crippen LogP contribution in [0.3, 0.4) is 0 Å². The summed E-state index contributed by atoms with van der Waals surface area (Å²) in [5.41, 5.74) is 17.7. The van der Waals surface area contributed by atoms with E-state index in [-0.39, 0.29) is 125 Å². The number of hydrogen-bond acceptors (Lipinski definition) is 24. The molecule has 1 heterocycles. The molecule has 0 aromatic heterocycles. The van der Waals surface area contributed by atoms with Gasteiger partial charge in [-0.3, -0.25) is 91.7 Å². The number of primary amides is 1.